The van der Waals surface area contributed by atoms with Crippen molar-refractivity contribution in [3.8, 4) is 6.07 Å². The first-order valence-electron chi connectivity index (χ1n) is 5.56. The maximum Gasteiger partial charge on any atom is 0.249 e. The second-order valence-corrected chi connectivity index (χ2v) is 4.13. The molecule has 0 heterocycles. The molecule has 0 aliphatic heterocycles. The molecule has 0 spiro atoms. The van der Waals surface area contributed by atoms with Gasteiger partial charge < -0.3 is 10.4 Å². The minimum absolute atomic E-state index is 0.0272. The van der Waals surface area contributed by atoms with Crippen LogP contribution in [0.2, 0.25) is 0 Å². The number of aliphatic hydroxyl groups is 1. The maximum atomic E-state index is 11.3. The lowest BCUT2D eigenvalue weighted by Crippen LogP contribution is -2.36. The molecule has 0 aromatic carbocycles. The van der Waals surface area contributed by atoms with Gasteiger partial charge in [-0.3, -0.25) is 4.79 Å². The lowest BCUT2D eigenvalue weighted by molar-refractivity contribution is -0.130. The molecule has 0 saturated heterocycles. The molecule has 0 unspecified atom stereocenters. The van der Waals surface area contributed by atoms with Crippen LogP contribution in [0.1, 0.15) is 38.5 Å². The third kappa shape index (κ3) is 4.30. The van der Waals surface area contributed by atoms with Gasteiger partial charge in [0.2, 0.25) is 5.91 Å². The van der Waals surface area contributed by atoms with Crippen LogP contribution in [-0.2, 0) is 4.79 Å². The van der Waals surface area contributed by atoms with Crippen molar-refractivity contribution in [3.05, 3.63) is 0 Å². The van der Waals surface area contributed by atoms with Crippen LogP contribution in [0.25, 0.3) is 0 Å². The normalized spacial score (nSPS) is 19.2. The van der Waals surface area contributed by atoms with Gasteiger partial charge in [-0.25, -0.2) is 0 Å². The summed E-state index contributed by atoms with van der Waals surface area (Å²) in [5, 5.41) is 20.2. The number of hydrogen-bond acceptors (Lipinski definition) is 3. The van der Waals surface area contributed by atoms with Crippen molar-refractivity contribution >= 4 is 5.91 Å². The van der Waals surface area contributed by atoms with Crippen molar-refractivity contribution in [1.82, 2.24) is 5.32 Å². The summed E-state index contributed by atoms with van der Waals surface area (Å²) in [5.41, 5.74) is 0. The molecule has 1 amide bonds. The molecule has 1 aliphatic rings. The topological polar surface area (TPSA) is 73.1 Å². The van der Waals surface area contributed by atoms with Crippen molar-refractivity contribution in [3.63, 3.8) is 0 Å². The highest BCUT2D eigenvalue weighted by molar-refractivity contribution is 5.80. The van der Waals surface area contributed by atoms with Crippen LogP contribution < -0.4 is 5.32 Å². The Morgan fingerprint density at radius 1 is 1.47 bits per heavy atom. The highest BCUT2D eigenvalue weighted by atomic mass is 16.3. The average molecular weight is 210 g/mol. The van der Waals surface area contributed by atoms with Gasteiger partial charge in [0, 0.05) is 0 Å². The van der Waals surface area contributed by atoms with E-state index in [2.05, 4.69) is 5.32 Å². The molecule has 1 saturated carbocycles. The van der Waals surface area contributed by atoms with E-state index in [9.17, 15) is 9.90 Å². The molecule has 4 heteroatoms. The Labute approximate surface area is 90.3 Å². The maximum absolute atomic E-state index is 11.3. The Kier molecular flexibility index (Phi) is 5.13. The van der Waals surface area contributed by atoms with Gasteiger partial charge in [0.25, 0.3) is 0 Å². The first-order chi connectivity index (χ1) is 7.24. The number of nitriles is 1. The lowest BCUT2D eigenvalue weighted by Gasteiger charge is -2.23. The molecule has 0 radical (unpaired) electrons. The van der Waals surface area contributed by atoms with Crippen LogP contribution in [0.5, 0.6) is 0 Å². The van der Waals surface area contributed by atoms with Crippen LogP contribution in [0.3, 0.4) is 0 Å². The third-order valence-electron chi connectivity index (χ3n) is 2.93. The van der Waals surface area contributed by atoms with Gasteiger partial charge >= 0.3 is 0 Å². The van der Waals surface area contributed by atoms with Gasteiger partial charge in [-0.2, -0.15) is 5.26 Å². The molecule has 15 heavy (non-hydrogen) atoms. The van der Waals surface area contributed by atoms with Gasteiger partial charge in [-0.05, 0) is 12.3 Å². The molecule has 2 N–H and O–H groups in total. The summed E-state index contributed by atoms with van der Waals surface area (Å²) in [5.74, 6) is 0.0590. The fourth-order valence-corrected chi connectivity index (χ4v) is 2.09. The second-order valence-electron chi connectivity index (χ2n) is 4.13. The number of rotatable bonds is 4. The minimum atomic E-state index is -0.943. The van der Waals surface area contributed by atoms with Gasteiger partial charge in [0.1, 0.15) is 12.6 Å². The number of aliphatic hydroxyl groups excluding tert-OH is 1. The molecule has 1 rings (SSSR count). The van der Waals surface area contributed by atoms with E-state index < -0.39 is 12.0 Å². The van der Waals surface area contributed by atoms with Crippen molar-refractivity contribution in [2.24, 2.45) is 5.92 Å². The van der Waals surface area contributed by atoms with Crippen LogP contribution in [-0.4, -0.2) is 23.7 Å². The average Bonchev–Trinajstić information content (AvgIpc) is 2.27. The van der Waals surface area contributed by atoms with Crippen LogP contribution in [0, 0.1) is 17.2 Å². The predicted molar refractivity (Wildman–Crippen MR) is 55.8 cm³/mol. The molecule has 84 valence electrons. The van der Waals surface area contributed by atoms with Gasteiger partial charge in [0.15, 0.2) is 0 Å². The summed E-state index contributed by atoms with van der Waals surface area (Å²) in [6, 6.07) is 1.81. The largest absolute Gasteiger partial charge is 0.383 e. The van der Waals surface area contributed by atoms with Crippen LogP contribution in [0.15, 0.2) is 0 Å². The lowest BCUT2D eigenvalue weighted by atomic mass is 9.85. The number of amides is 1. The summed E-state index contributed by atoms with van der Waals surface area (Å²) in [4.78, 5) is 11.3. The zero-order valence-corrected chi connectivity index (χ0v) is 8.91. The molecule has 1 fully saturated rings. The fraction of sp³-hybridized carbons (Fsp3) is 0.818. The van der Waals surface area contributed by atoms with E-state index in [1.165, 1.54) is 19.3 Å². The van der Waals surface area contributed by atoms with Gasteiger partial charge in [-0.15, -0.1) is 0 Å². The standard InChI is InChI=1S/C11H18N2O2/c12-6-7-13-11(15)10(14)8-9-4-2-1-3-5-9/h9-10,14H,1-5,7-8H2,(H,13,15)/t10-/m1/s1. The predicted octanol–water partition coefficient (Wildman–Crippen LogP) is 0.957. The number of nitrogens with one attached hydrogen (secondary N) is 1. The molecule has 0 bridgehead atoms. The Bertz CT molecular complexity index is 241. The fourth-order valence-electron chi connectivity index (χ4n) is 2.09. The molecular formula is C11H18N2O2. The van der Waals surface area contributed by atoms with E-state index in [0.717, 1.165) is 12.8 Å². The van der Waals surface area contributed by atoms with Crippen molar-refractivity contribution in [2.45, 2.75) is 44.6 Å². The van der Waals surface area contributed by atoms with E-state index in [4.69, 9.17) is 5.26 Å². The second kappa shape index (κ2) is 6.41. The first kappa shape index (κ1) is 12.0. The first-order valence-corrected chi connectivity index (χ1v) is 5.56. The van der Waals surface area contributed by atoms with E-state index in [1.807, 2.05) is 6.07 Å². The van der Waals surface area contributed by atoms with Crippen LogP contribution >= 0.6 is 0 Å². The van der Waals surface area contributed by atoms with E-state index in [1.54, 1.807) is 0 Å². The third-order valence-corrected chi connectivity index (χ3v) is 2.93. The summed E-state index contributed by atoms with van der Waals surface area (Å²) in [7, 11) is 0. The minimum Gasteiger partial charge on any atom is -0.383 e. The molecule has 4 nitrogen and oxygen atoms in total. The number of carbonyl (C=O) groups is 1. The number of carbonyl (C=O) groups excluding carboxylic acids is 1. The quantitative estimate of drug-likeness (QED) is 0.679. The number of hydrogen-bond donors (Lipinski definition) is 2. The van der Waals surface area contributed by atoms with Crippen molar-refractivity contribution in [2.75, 3.05) is 6.54 Å². The summed E-state index contributed by atoms with van der Waals surface area (Å²) >= 11 is 0. The summed E-state index contributed by atoms with van der Waals surface area (Å²) in [6.07, 6.45) is 5.51. The van der Waals surface area contributed by atoms with Gasteiger partial charge in [-0.1, -0.05) is 32.1 Å². The summed E-state index contributed by atoms with van der Waals surface area (Å²) < 4.78 is 0. The smallest absolute Gasteiger partial charge is 0.249 e. The van der Waals surface area contributed by atoms with Crippen LogP contribution in [0.4, 0.5) is 0 Å². The molecular weight excluding hydrogens is 192 g/mol. The Morgan fingerprint density at radius 2 is 2.13 bits per heavy atom. The Balaban J connectivity index is 2.24. The van der Waals surface area contributed by atoms with E-state index >= 15 is 0 Å². The van der Waals surface area contributed by atoms with Gasteiger partial charge in [0.05, 0.1) is 6.07 Å². The molecule has 1 atom stereocenters. The summed E-state index contributed by atoms with van der Waals surface area (Å²) in [6.45, 7) is -0.0272. The highest BCUT2D eigenvalue weighted by Gasteiger charge is 2.21. The highest BCUT2D eigenvalue weighted by Crippen LogP contribution is 2.27. The SMILES string of the molecule is N#CCNC(=O)[C@H](O)CC1CCCCC1. The van der Waals surface area contributed by atoms with Crippen molar-refractivity contribution < 1.29 is 9.90 Å². The molecule has 1 aliphatic carbocycles. The van der Waals surface area contributed by atoms with E-state index in [0.29, 0.717) is 12.3 Å². The van der Waals surface area contributed by atoms with Crippen molar-refractivity contribution in [1.29, 1.82) is 5.26 Å². The van der Waals surface area contributed by atoms with E-state index in [-0.39, 0.29) is 6.54 Å². The molecule has 0 aromatic heterocycles. The Morgan fingerprint density at radius 3 is 2.73 bits per heavy atom. The zero-order valence-electron chi connectivity index (χ0n) is 8.91. The Hall–Kier alpha value is -1.08. The monoisotopic (exact) mass is 210 g/mol. The number of nitrogens with zero attached hydrogens (tertiary/aromatic N) is 1. The zero-order chi connectivity index (χ0) is 11.1. The molecule has 0 aromatic rings.